The molecule has 0 aliphatic carbocycles. The lowest BCUT2D eigenvalue weighted by Gasteiger charge is -1.48. The van der Waals surface area contributed by atoms with Gasteiger partial charge in [-0.05, 0) is 0 Å². The van der Waals surface area contributed by atoms with Gasteiger partial charge in [-0.3, -0.25) is 0 Å². The van der Waals surface area contributed by atoms with Crippen LogP contribution >= 0.6 is 0 Å². The Labute approximate surface area is 96.5 Å². The highest BCUT2D eigenvalue weighted by molar-refractivity contribution is 3.92. The fourth-order valence-corrected chi connectivity index (χ4v) is 0. The van der Waals surface area contributed by atoms with E-state index in [9.17, 15) is 0 Å². The lowest BCUT2D eigenvalue weighted by molar-refractivity contribution is 1.09. The topological polar surface area (TPSA) is 0 Å². The summed E-state index contributed by atoms with van der Waals surface area (Å²) < 4.78 is 0. The average molecular weight is 208 g/mol. The summed E-state index contributed by atoms with van der Waals surface area (Å²) in [6.45, 7) is 24.5. The minimum Gasteiger partial charge on any atom is -0.0683 e. The molecule has 0 saturated carbocycles. The molecule has 0 nitrogen and oxygen atoms in total. The van der Waals surface area contributed by atoms with E-state index in [2.05, 4.69) is 27.7 Å². The first kappa shape index (κ1) is 37.0. The van der Waals surface area contributed by atoms with Crippen molar-refractivity contribution in [1.29, 1.82) is 0 Å². The molecule has 0 aliphatic heterocycles. The van der Waals surface area contributed by atoms with Crippen molar-refractivity contribution in [3.63, 3.8) is 0 Å². The molecule has 0 saturated heterocycles. The van der Waals surface area contributed by atoms with Crippen LogP contribution in [0, 0.1) is 0 Å². The average Bonchev–Trinajstić information content (AvgIpc) is 2.31. The highest BCUT2D eigenvalue weighted by atomic mass is 13.4. The van der Waals surface area contributed by atoms with Crippen LogP contribution in [0.4, 0.5) is 0 Å². The molecular formula is C14H40. The van der Waals surface area contributed by atoms with E-state index in [4.69, 9.17) is 0 Å². The molecule has 0 aromatic rings. The second-order valence-electron chi connectivity index (χ2n) is 1.41. The predicted molar refractivity (Wildman–Crippen MR) is 77.3 cm³/mol. The maximum atomic E-state index is 2.12. The molecule has 0 aliphatic rings. The fourth-order valence-electron chi connectivity index (χ4n) is 0. The van der Waals surface area contributed by atoms with E-state index in [1.54, 1.807) is 0 Å². The Hall–Kier alpha value is 0. The minimum atomic E-state index is 1.25. The van der Waals surface area contributed by atoms with E-state index in [0.717, 1.165) is 0 Å². The van der Waals surface area contributed by atoms with Gasteiger partial charge in [0.05, 0.1) is 0 Å². The van der Waals surface area contributed by atoms with Gasteiger partial charge in [0.2, 0.25) is 0 Å². The van der Waals surface area contributed by atoms with Crippen molar-refractivity contribution in [2.45, 2.75) is 95.9 Å². The fraction of sp³-hybridized carbons (Fsp3) is 1.00. The Bertz CT molecular complexity index is 2.00. The van der Waals surface area contributed by atoms with Crippen LogP contribution in [0.3, 0.4) is 0 Å². The lowest BCUT2D eigenvalue weighted by atomic mass is 10.6. The first-order chi connectivity index (χ1) is 6.83. The maximum absolute atomic E-state index is 2.12. The molecule has 96 valence electrons. The molecule has 0 rings (SSSR count). The number of hydrogen-bond acceptors (Lipinski definition) is 0. The van der Waals surface area contributed by atoms with Crippen molar-refractivity contribution in [3.8, 4) is 0 Å². The Balaban J connectivity index is -0.0000000139. The molecule has 0 bridgehead atoms. The molecule has 0 unspecified atom stereocenters. The van der Waals surface area contributed by atoms with Gasteiger partial charge in [0, 0.05) is 0 Å². The van der Waals surface area contributed by atoms with Crippen molar-refractivity contribution in [2.75, 3.05) is 0 Å². The highest BCUT2D eigenvalue weighted by Crippen LogP contribution is 1.56. The van der Waals surface area contributed by atoms with Gasteiger partial charge in [-0.25, -0.2) is 0 Å². The molecule has 0 aromatic carbocycles. The second-order valence-corrected chi connectivity index (χ2v) is 1.41. The first-order valence-corrected chi connectivity index (χ1v) is 6.83. The van der Waals surface area contributed by atoms with Gasteiger partial charge in [0.25, 0.3) is 0 Å². The quantitative estimate of drug-likeness (QED) is 0.404. The summed E-state index contributed by atoms with van der Waals surface area (Å²) in [5.74, 6) is 0. The van der Waals surface area contributed by atoms with E-state index in [-0.39, 0.29) is 0 Å². The van der Waals surface area contributed by atoms with Crippen molar-refractivity contribution in [3.05, 3.63) is 0 Å². The Kier molecular flexibility index (Phi) is 1240. The highest BCUT2D eigenvalue weighted by Gasteiger charge is 1.36. The molecular weight excluding hydrogens is 168 g/mol. The summed E-state index contributed by atoms with van der Waals surface area (Å²) in [6, 6.07) is 0. The summed E-state index contributed by atoms with van der Waals surface area (Å²) in [4.78, 5) is 0. The van der Waals surface area contributed by atoms with Crippen molar-refractivity contribution in [2.24, 2.45) is 0 Å². The zero-order valence-electron chi connectivity index (χ0n) is 13.4. The van der Waals surface area contributed by atoms with Crippen molar-refractivity contribution < 1.29 is 0 Å². The largest absolute Gasteiger partial charge is 0.0683 e. The smallest absolute Gasteiger partial charge is 0.0590 e. The molecule has 0 amide bonds. The van der Waals surface area contributed by atoms with Crippen LogP contribution < -0.4 is 0 Å². The minimum absolute atomic E-state index is 1.25. The number of rotatable bonds is 0. The van der Waals surface area contributed by atoms with Gasteiger partial charge in [-0.2, -0.15) is 0 Å². The third kappa shape index (κ3) is 0. The summed E-state index contributed by atoms with van der Waals surface area (Å²) in [5.41, 5.74) is 0. The lowest BCUT2D eigenvalue weighted by Crippen LogP contribution is -1.27. The van der Waals surface area contributed by atoms with Crippen LogP contribution in [-0.4, -0.2) is 0 Å². The zero-order chi connectivity index (χ0) is 13.4. The van der Waals surface area contributed by atoms with Crippen molar-refractivity contribution in [1.82, 2.24) is 0 Å². The van der Waals surface area contributed by atoms with Gasteiger partial charge < -0.3 is 0 Å². The van der Waals surface area contributed by atoms with Crippen molar-refractivity contribution >= 4 is 0 Å². The normalized spacial score (nSPS) is 4.29. The van der Waals surface area contributed by atoms with E-state index in [1.165, 1.54) is 12.8 Å². The third-order valence-electron chi connectivity index (χ3n) is 0. The standard InChI is InChI=1S/2C3H8.4C2H6/c2*1-3-2;4*1-2/h2*3H2,1-2H3;4*1-2H3. The zero-order valence-corrected chi connectivity index (χ0v) is 13.4. The van der Waals surface area contributed by atoms with Crippen LogP contribution in [-0.2, 0) is 0 Å². The van der Waals surface area contributed by atoms with E-state index >= 15 is 0 Å². The Morgan fingerprint density at radius 2 is 0.357 bits per heavy atom. The Morgan fingerprint density at radius 3 is 0.357 bits per heavy atom. The van der Waals surface area contributed by atoms with Crippen LogP contribution in [0.15, 0.2) is 0 Å². The molecule has 0 N–H and O–H groups in total. The summed E-state index contributed by atoms with van der Waals surface area (Å²) in [5, 5.41) is 0. The molecule has 0 atom stereocenters. The summed E-state index contributed by atoms with van der Waals surface area (Å²) in [7, 11) is 0. The van der Waals surface area contributed by atoms with E-state index in [0.29, 0.717) is 0 Å². The van der Waals surface area contributed by atoms with Crippen LogP contribution in [0.1, 0.15) is 95.9 Å². The first-order valence-electron chi connectivity index (χ1n) is 6.83. The predicted octanol–water partition coefficient (Wildman–Crippen LogP) is 6.94. The molecule has 14 heavy (non-hydrogen) atoms. The Morgan fingerprint density at radius 1 is 0.357 bits per heavy atom. The monoisotopic (exact) mass is 208 g/mol. The maximum Gasteiger partial charge on any atom is -0.0590 e. The molecule has 0 spiro atoms. The molecule has 0 radical (unpaired) electrons. The summed E-state index contributed by atoms with van der Waals surface area (Å²) >= 11 is 0. The molecule has 0 fully saturated rings. The molecule has 0 aromatic heterocycles. The second kappa shape index (κ2) is 468. The van der Waals surface area contributed by atoms with E-state index < -0.39 is 0 Å². The van der Waals surface area contributed by atoms with Gasteiger partial charge in [-0.1, -0.05) is 95.9 Å². The van der Waals surface area contributed by atoms with Crippen LogP contribution in [0.5, 0.6) is 0 Å². The SMILES string of the molecule is CC.CC.CC.CC.CCC.CCC. The van der Waals surface area contributed by atoms with Gasteiger partial charge in [-0.15, -0.1) is 0 Å². The van der Waals surface area contributed by atoms with Gasteiger partial charge in [0.1, 0.15) is 0 Å². The summed E-state index contributed by atoms with van der Waals surface area (Å²) in [6.07, 6.45) is 2.50. The third-order valence-corrected chi connectivity index (χ3v) is 0. The van der Waals surface area contributed by atoms with E-state index in [1.807, 2.05) is 55.4 Å². The molecule has 0 heteroatoms. The van der Waals surface area contributed by atoms with Crippen LogP contribution in [0.25, 0.3) is 0 Å². The van der Waals surface area contributed by atoms with Gasteiger partial charge >= 0.3 is 0 Å². The molecule has 0 heterocycles. The van der Waals surface area contributed by atoms with Gasteiger partial charge in [0.15, 0.2) is 0 Å². The number of hydrogen-bond donors (Lipinski definition) is 0. The van der Waals surface area contributed by atoms with Crippen LogP contribution in [0.2, 0.25) is 0 Å².